The molecule has 0 heterocycles. The molecule has 0 saturated heterocycles. The number of carbonyl (C=O) groups is 3. The third kappa shape index (κ3) is 29.2. The van der Waals surface area contributed by atoms with Crippen LogP contribution in [0, 0.1) is 0 Å². The quantitative estimate of drug-likeness (QED) is 0.00849. The van der Waals surface area contributed by atoms with E-state index in [2.05, 4.69) is 26.0 Å². The molecular weight excluding hydrogens is 819 g/mol. The number of ether oxygens (including phenoxy) is 2. The van der Waals surface area contributed by atoms with E-state index in [4.69, 9.17) is 18.5 Å². The van der Waals surface area contributed by atoms with Crippen LogP contribution < -0.4 is 0 Å². The van der Waals surface area contributed by atoms with Gasteiger partial charge in [-0.2, -0.15) is 0 Å². The van der Waals surface area contributed by atoms with Crippen molar-refractivity contribution in [2.75, 3.05) is 13.2 Å². The minimum Gasteiger partial charge on any atom is -0.462 e. The maximum absolute atomic E-state index is 12.8. The number of ketones is 1. The molecule has 15 heteroatoms. The van der Waals surface area contributed by atoms with Crippen LogP contribution in [0.4, 0.5) is 0 Å². The lowest BCUT2D eigenvalue weighted by molar-refractivity contribution is -0.220. The number of phosphoric acid groups is 1. The van der Waals surface area contributed by atoms with Crippen LogP contribution in [0.2, 0.25) is 0 Å². The average Bonchev–Trinajstić information content (AvgIpc) is 3.25. The number of rotatable bonds is 39. The van der Waals surface area contributed by atoms with E-state index in [0.717, 1.165) is 83.5 Å². The van der Waals surface area contributed by atoms with Crippen molar-refractivity contribution >= 4 is 25.5 Å². The van der Waals surface area contributed by atoms with Crippen molar-refractivity contribution in [3.63, 3.8) is 0 Å². The van der Waals surface area contributed by atoms with Crippen LogP contribution in [0.3, 0.4) is 0 Å². The first-order valence-corrected chi connectivity index (χ1v) is 25.2. The van der Waals surface area contributed by atoms with E-state index in [1.54, 1.807) is 12.2 Å². The smallest absolute Gasteiger partial charge is 0.462 e. The van der Waals surface area contributed by atoms with Crippen LogP contribution in [0.5, 0.6) is 0 Å². The van der Waals surface area contributed by atoms with Gasteiger partial charge < -0.3 is 39.9 Å². The zero-order valence-electron chi connectivity index (χ0n) is 37.9. The molecule has 0 amide bonds. The summed E-state index contributed by atoms with van der Waals surface area (Å²) < 4.78 is 33.5. The topological polar surface area (TPSA) is 227 Å². The van der Waals surface area contributed by atoms with Crippen LogP contribution in [0.15, 0.2) is 36.5 Å². The van der Waals surface area contributed by atoms with Crippen LogP contribution in [0.25, 0.3) is 0 Å². The third-order valence-corrected chi connectivity index (χ3v) is 11.9. The molecule has 62 heavy (non-hydrogen) atoms. The van der Waals surface area contributed by atoms with Gasteiger partial charge in [0, 0.05) is 19.3 Å². The standard InChI is InChI=1S/C47H83O14P/c1-3-5-7-8-9-10-11-12-13-14-15-16-17-20-23-26-30-34-40(49)58-36-39(37-59-62(56,57)61-47-45(54)43(52)42(51)44(53)46(47)55)60-41(50)35-31-27-24-21-18-19-22-25-29-33-38(48)32-28-6-4-2/h12-13,22,25,29,33,39,42-47,51-55H,3-11,14-21,23-24,26-28,30-32,34-37H2,1-2H3,(H,56,57)/b13-12-,25-22-,33-29+/t39-,42?,43-,44+,45-,46-,47?/m1/s1. The van der Waals surface area contributed by atoms with E-state index in [1.165, 1.54) is 57.8 Å². The first kappa shape index (κ1) is 57.8. The second-order valence-corrected chi connectivity index (χ2v) is 18.0. The highest BCUT2D eigenvalue weighted by Crippen LogP contribution is 2.47. The molecule has 360 valence electrons. The molecule has 0 radical (unpaired) electrons. The van der Waals surface area contributed by atoms with E-state index in [-0.39, 0.29) is 18.6 Å². The Morgan fingerprint density at radius 1 is 0.532 bits per heavy atom. The van der Waals surface area contributed by atoms with Crippen molar-refractivity contribution in [2.24, 2.45) is 0 Å². The number of esters is 2. The SMILES string of the molecule is CCCCCCCC/C=C\CCCCCCCCCC(=O)OC[C@H](COP(=O)(O)OC1[C@H](O)[C@H](O)C(O)[C@H](O)[C@H]1O)OC(=O)CCCCCCC/C=C\C=C\C(=O)CCCCC. The number of carbonyl (C=O) groups excluding carboxylic acids is 3. The molecule has 0 aliphatic heterocycles. The largest absolute Gasteiger partial charge is 0.472 e. The predicted octanol–water partition coefficient (Wildman–Crippen LogP) is 8.57. The molecule has 3 unspecified atom stereocenters. The lowest BCUT2D eigenvalue weighted by Crippen LogP contribution is -2.64. The monoisotopic (exact) mass is 903 g/mol. The zero-order valence-corrected chi connectivity index (χ0v) is 38.8. The van der Waals surface area contributed by atoms with E-state index in [9.17, 15) is 49.4 Å². The van der Waals surface area contributed by atoms with Crippen LogP contribution in [0.1, 0.15) is 187 Å². The molecule has 8 atom stereocenters. The fourth-order valence-electron chi connectivity index (χ4n) is 7.03. The van der Waals surface area contributed by atoms with Gasteiger partial charge in [-0.3, -0.25) is 23.4 Å². The van der Waals surface area contributed by atoms with E-state index < -0.39 is 75.7 Å². The predicted molar refractivity (Wildman–Crippen MR) is 240 cm³/mol. The normalized spacial score (nSPS) is 22.1. The molecule has 14 nitrogen and oxygen atoms in total. The van der Waals surface area contributed by atoms with Crippen molar-refractivity contribution in [2.45, 2.75) is 230 Å². The molecule has 1 fully saturated rings. The Bertz CT molecular complexity index is 1290. The summed E-state index contributed by atoms with van der Waals surface area (Å²) in [6, 6.07) is 0. The molecule has 0 aromatic carbocycles. The van der Waals surface area contributed by atoms with Gasteiger partial charge in [-0.05, 0) is 63.9 Å². The maximum Gasteiger partial charge on any atom is 0.472 e. The first-order valence-electron chi connectivity index (χ1n) is 23.7. The number of allylic oxidation sites excluding steroid dienone is 6. The lowest BCUT2D eigenvalue weighted by Gasteiger charge is -2.41. The maximum atomic E-state index is 12.8. The highest BCUT2D eigenvalue weighted by molar-refractivity contribution is 7.47. The Hall–Kier alpha value is -2.26. The van der Waals surface area contributed by atoms with E-state index in [0.29, 0.717) is 19.3 Å². The number of hydrogen-bond donors (Lipinski definition) is 6. The minimum atomic E-state index is -5.14. The van der Waals surface area contributed by atoms with Gasteiger partial charge in [-0.1, -0.05) is 141 Å². The molecule has 0 aromatic rings. The van der Waals surface area contributed by atoms with Gasteiger partial charge in [0.25, 0.3) is 0 Å². The Morgan fingerprint density at radius 2 is 0.968 bits per heavy atom. The van der Waals surface area contributed by atoms with Gasteiger partial charge in [0.2, 0.25) is 0 Å². The summed E-state index contributed by atoms with van der Waals surface area (Å²) in [5.74, 6) is -1.02. The summed E-state index contributed by atoms with van der Waals surface area (Å²) in [6.07, 6.45) is 24.6. The molecular formula is C47H83O14P. The van der Waals surface area contributed by atoms with Crippen LogP contribution in [-0.2, 0) is 37.5 Å². The van der Waals surface area contributed by atoms with Crippen molar-refractivity contribution in [1.82, 2.24) is 0 Å². The van der Waals surface area contributed by atoms with Crippen LogP contribution >= 0.6 is 7.82 Å². The second-order valence-electron chi connectivity index (χ2n) is 16.6. The summed E-state index contributed by atoms with van der Waals surface area (Å²) in [7, 11) is -5.14. The van der Waals surface area contributed by atoms with E-state index >= 15 is 0 Å². The Labute approximate surface area is 372 Å². The summed E-state index contributed by atoms with van der Waals surface area (Å²) in [6.45, 7) is 3.11. The summed E-state index contributed by atoms with van der Waals surface area (Å²) in [5, 5.41) is 50.1. The van der Waals surface area contributed by atoms with Crippen LogP contribution in [-0.4, -0.2) is 104 Å². The number of phosphoric ester groups is 1. The molecule has 0 aromatic heterocycles. The first-order chi connectivity index (χ1) is 29.8. The van der Waals surface area contributed by atoms with Gasteiger partial charge in [0.1, 0.15) is 43.2 Å². The van der Waals surface area contributed by atoms with E-state index in [1.807, 2.05) is 12.2 Å². The van der Waals surface area contributed by atoms with Gasteiger partial charge >= 0.3 is 19.8 Å². The number of aliphatic hydroxyl groups is 5. The third-order valence-electron chi connectivity index (χ3n) is 10.9. The Morgan fingerprint density at radius 3 is 1.52 bits per heavy atom. The molecule has 6 N–H and O–H groups in total. The van der Waals surface area contributed by atoms with Crippen molar-refractivity contribution in [3.05, 3.63) is 36.5 Å². The highest BCUT2D eigenvalue weighted by atomic mass is 31.2. The summed E-state index contributed by atoms with van der Waals surface area (Å²) >= 11 is 0. The zero-order chi connectivity index (χ0) is 45.9. The van der Waals surface area contributed by atoms with Gasteiger partial charge in [-0.25, -0.2) is 4.57 Å². The van der Waals surface area contributed by atoms with Gasteiger partial charge in [-0.15, -0.1) is 0 Å². The fourth-order valence-corrected chi connectivity index (χ4v) is 8.00. The highest BCUT2D eigenvalue weighted by Gasteiger charge is 2.51. The molecule has 1 rings (SSSR count). The average molecular weight is 903 g/mol. The Balaban J connectivity index is 2.47. The molecule has 0 bridgehead atoms. The second kappa shape index (κ2) is 37.0. The van der Waals surface area contributed by atoms with Crippen molar-refractivity contribution < 1.29 is 67.9 Å². The molecule has 1 aliphatic rings. The molecule has 1 saturated carbocycles. The number of aliphatic hydroxyl groups excluding tert-OH is 5. The van der Waals surface area contributed by atoms with Gasteiger partial charge in [0.15, 0.2) is 11.9 Å². The molecule has 1 aliphatic carbocycles. The Kier molecular flexibility index (Phi) is 34.5. The summed E-state index contributed by atoms with van der Waals surface area (Å²) in [5.41, 5.74) is 0. The van der Waals surface area contributed by atoms with Gasteiger partial charge in [0.05, 0.1) is 6.61 Å². The summed E-state index contributed by atoms with van der Waals surface area (Å²) in [4.78, 5) is 47.5. The fraction of sp³-hybridized carbons (Fsp3) is 0.809. The lowest BCUT2D eigenvalue weighted by atomic mass is 9.85. The van der Waals surface area contributed by atoms with Crippen molar-refractivity contribution in [3.8, 4) is 0 Å². The van der Waals surface area contributed by atoms with Crippen molar-refractivity contribution in [1.29, 1.82) is 0 Å². The number of unbranched alkanes of at least 4 members (excludes halogenated alkanes) is 20. The minimum absolute atomic E-state index is 0.0449. The molecule has 0 spiro atoms. The number of hydrogen-bond acceptors (Lipinski definition) is 13.